The molecule has 0 saturated heterocycles. The zero-order valence-electron chi connectivity index (χ0n) is 18.8. The molecular formula is C22H27Cl2N3O5S. The lowest BCUT2D eigenvalue weighted by atomic mass is 10.2. The van der Waals surface area contributed by atoms with Crippen LogP contribution in [0.5, 0.6) is 0 Å². The van der Waals surface area contributed by atoms with Crippen LogP contribution in [0.25, 0.3) is 0 Å². The monoisotopic (exact) mass is 515 g/mol. The summed E-state index contributed by atoms with van der Waals surface area (Å²) in [6.07, 6.45) is 2.56. The Bertz CT molecular complexity index is 1090. The molecule has 11 heteroatoms. The summed E-state index contributed by atoms with van der Waals surface area (Å²) in [5.74, 6) is -0.626. The van der Waals surface area contributed by atoms with E-state index in [1.165, 1.54) is 12.1 Å². The summed E-state index contributed by atoms with van der Waals surface area (Å²) >= 11 is 12.4. The predicted octanol–water partition coefficient (Wildman–Crippen LogP) is 3.39. The maximum Gasteiger partial charge on any atom is 0.320 e. The van der Waals surface area contributed by atoms with Gasteiger partial charge in [-0.1, -0.05) is 29.3 Å². The largest absolute Gasteiger partial charge is 0.459 e. The molecule has 0 spiro atoms. The number of ether oxygens (including phenoxy) is 1. The first-order valence-corrected chi connectivity index (χ1v) is 12.3. The molecule has 1 aromatic carbocycles. The first-order chi connectivity index (χ1) is 15.4. The number of sulfonamides is 1. The number of hydrogen-bond donors (Lipinski definition) is 1. The van der Waals surface area contributed by atoms with Crippen LogP contribution < -0.4 is 5.32 Å². The molecule has 0 aliphatic rings. The number of pyridine rings is 1. The van der Waals surface area contributed by atoms with Crippen molar-refractivity contribution in [2.75, 3.05) is 13.1 Å². The molecule has 1 unspecified atom stereocenters. The van der Waals surface area contributed by atoms with E-state index in [0.717, 1.165) is 9.87 Å². The summed E-state index contributed by atoms with van der Waals surface area (Å²) in [6.45, 7) is 6.28. The Morgan fingerprint density at radius 1 is 1.27 bits per heavy atom. The second-order valence-corrected chi connectivity index (χ2v) is 10.9. The third-order valence-corrected chi connectivity index (χ3v) is 7.46. The summed E-state index contributed by atoms with van der Waals surface area (Å²) in [7, 11) is -4.26. The van der Waals surface area contributed by atoms with Crippen LogP contribution in [0.3, 0.4) is 0 Å². The van der Waals surface area contributed by atoms with E-state index in [-0.39, 0.29) is 29.4 Å². The average molecular weight is 516 g/mol. The molecule has 8 nitrogen and oxygen atoms in total. The topological polar surface area (TPSA) is 106 Å². The van der Waals surface area contributed by atoms with Crippen molar-refractivity contribution >= 4 is 45.5 Å². The van der Waals surface area contributed by atoms with Crippen molar-refractivity contribution in [2.45, 2.75) is 50.8 Å². The maximum atomic E-state index is 13.6. The van der Waals surface area contributed by atoms with Gasteiger partial charge in [-0.25, -0.2) is 8.42 Å². The number of carbonyl (C=O) groups excluding carboxylic acids is 2. The third kappa shape index (κ3) is 7.48. The predicted molar refractivity (Wildman–Crippen MR) is 127 cm³/mol. The van der Waals surface area contributed by atoms with Gasteiger partial charge in [0.1, 0.15) is 16.7 Å². The SMILES string of the molecule is Cc1c(Cl)ccc(S(=O)(=O)N(CCc2cccnc2)C(C=O)NCC(=O)OC(C)(C)C)c1Cl. The third-order valence-electron chi connectivity index (χ3n) is 4.53. The number of hydrogen-bond acceptors (Lipinski definition) is 7. The minimum absolute atomic E-state index is 0.0364. The number of carbonyl (C=O) groups is 2. The molecule has 180 valence electrons. The highest BCUT2D eigenvalue weighted by atomic mass is 35.5. The summed E-state index contributed by atoms with van der Waals surface area (Å²) in [5, 5.41) is 2.95. The van der Waals surface area contributed by atoms with Crippen LogP contribution in [0.2, 0.25) is 10.0 Å². The lowest BCUT2D eigenvalue weighted by molar-refractivity contribution is -0.153. The zero-order chi connectivity index (χ0) is 24.8. The highest BCUT2D eigenvalue weighted by molar-refractivity contribution is 7.89. The van der Waals surface area contributed by atoms with Crippen LogP contribution in [0.4, 0.5) is 0 Å². The van der Waals surface area contributed by atoms with Gasteiger partial charge in [0.05, 0.1) is 11.6 Å². The number of esters is 1. The molecule has 0 amide bonds. The van der Waals surface area contributed by atoms with Crippen LogP contribution in [0, 0.1) is 6.92 Å². The molecule has 2 aromatic rings. The Balaban J connectivity index is 2.38. The van der Waals surface area contributed by atoms with Crippen molar-refractivity contribution in [3.8, 4) is 0 Å². The Kier molecular flexibility index (Phi) is 9.39. The quantitative estimate of drug-likeness (QED) is 0.293. The Morgan fingerprint density at radius 2 is 1.97 bits per heavy atom. The smallest absolute Gasteiger partial charge is 0.320 e. The lowest BCUT2D eigenvalue weighted by Crippen LogP contribution is -2.52. The van der Waals surface area contributed by atoms with Gasteiger partial charge >= 0.3 is 5.97 Å². The van der Waals surface area contributed by atoms with Gasteiger partial charge in [0.25, 0.3) is 0 Å². The van der Waals surface area contributed by atoms with Crippen molar-refractivity contribution in [3.63, 3.8) is 0 Å². The number of aromatic nitrogens is 1. The van der Waals surface area contributed by atoms with Crippen LogP contribution in [0.15, 0.2) is 41.6 Å². The van der Waals surface area contributed by atoms with Crippen LogP contribution in [0.1, 0.15) is 31.9 Å². The van der Waals surface area contributed by atoms with Crippen molar-refractivity contribution < 1.29 is 22.7 Å². The van der Waals surface area contributed by atoms with E-state index in [4.69, 9.17) is 27.9 Å². The Morgan fingerprint density at radius 3 is 2.55 bits per heavy atom. The fourth-order valence-electron chi connectivity index (χ4n) is 2.94. The van der Waals surface area contributed by atoms with Gasteiger partial charge in [-0.3, -0.25) is 15.1 Å². The first kappa shape index (κ1) is 27.2. The van der Waals surface area contributed by atoms with E-state index in [1.807, 2.05) is 0 Å². The molecule has 0 fully saturated rings. The molecule has 0 radical (unpaired) electrons. The lowest BCUT2D eigenvalue weighted by Gasteiger charge is -2.29. The number of nitrogens with zero attached hydrogens (tertiary/aromatic N) is 2. The van der Waals surface area contributed by atoms with Crippen molar-refractivity contribution in [3.05, 3.63) is 57.8 Å². The molecule has 0 aliphatic heterocycles. The molecular weight excluding hydrogens is 489 g/mol. The zero-order valence-corrected chi connectivity index (χ0v) is 21.2. The molecule has 2 rings (SSSR count). The second kappa shape index (κ2) is 11.4. The Labute approximate surface area is 204 Å². The van der Waals surface area contributed by atoms with Gasteiger partial charge in [0.15, 0.2) is 6.29 Å². The van der Waals surface area contributed by atoms with Gasteiger partial charge in [0, 0.05) is 24.0 Å². The normalized spacial score (nSPS) is 13.1. The summed E-state index contributed by atoms with van der Waals surface area (Å²) < 4.78 is 33.4. The minimum atomic E-state index is -4.26. The average Bonchev–Trinajstić information content (AvgIpc) is 2.73. The summed E-state index contributed by atoms with van der Waals surface area (Å²) in [6, 6.07) is 6.24. The van der Waals surface area contributed by atoms with Crippen LogP contribution in [-0.2, 0) is 30.8 Å². The molecule has 0 aliphatic carbocycles. The number of benzene rings is 1. The van der Waals surface area contributed by atoms with E-state index in [9.17, 15) is 18.0 Å². The Hall–Kier alpha value is -2.04. The first-order valence-electron chi connectivity index (χ1n) is 10.1. The van der Waals surface area contributed by atoms with Gasteiger partial charge in [-0.2, -0.15) is 4.31 Å². The number of rotatable bonds is 10. The van der Waals surface area contributed by atoms with Crippen LogP contribution >= 0.6 is 23.2 Å². The van der Waals surface area contributed by atoms with Crippen LogP contribution in [-0.4, -0.2) is 54.8 Å². The van der Waals surface area contributed by atoms with Gasteiger partial charge < -0.3 is 9.53 Å². The highest BCUT2D eigenvalue weighted by Crippen LogP contribution is 2.32. The van der Waals surface area contributed by atoms with Crippen molar-refractivity contribution in [1.29, 1.82) is 0 Å². The van der Waals surface area contributed by atoms with E-state index < -0.39 is 27.8 Å². The fraction of sp³-hybridized carbons (Fsp3) is 0.409. The molecule has 1 heterocycles. The van der Waals surface area contributed by atoms with E-state index in [1.54, 1.807) is 52.2 Å². The van der Waals surface area contributed by atoms with Crippen molar-refractivity contribution in [2.24, 2.45) is 0 Å². The van der Waals surface area contributed by atoms with E-state index in [0.29, 0.717) is 16.9 Å². The minimum Gasteiger partial charge on any atom is -0.459 e. The molecule has 0 bridgehead atoms. The molecule has 1 atom stereocenters. The molecule has 1 N–H and O–H groups in total. The summed E-state index contributed by atoms with van der Waals surface area (Å²) in [4.78, 5) is 27.9. The van der Waals surface area contributed by atoms with Crippen molar-refractivity contribution in [1.82, 2.24) is 14.6 Å². The van der Waals surface area contributed by atoms with E-state index >= 15 is 0 Å². The number of aldehydes is 1. The second-order valence-electron chi connectivity index (χ2n) is 8.26. The highest BCUT2D eigenvalue weighted by Gasteiger charge is 2.34. The van der Waals surface area contributed by atoms with Gasteiger partial charge in [0.2, 0.25) is 10.0 Å². The number of nitrogens with one attached hydrogen (secondary N) is 1. The standard InChI is InChI=1S/C22H27Cl2N3O5S/c1-15-17(23)7-8-18(21(15)24)33(30,31)27(11-9-16-6-5-10-25-12-16)19(14-28)26-13-20(29)32-22(2,3)4/h5-8,10,12,14,19,26H,9,11,13H2,1-4H3. The molecule has 1 aromatic heterocycles. The van der Waals surface area contributed by atoms with E-state index in [2.05, 4.69) is 10.3 Å². The molecule has 33 heavy (non-hydrogen) atoms. The summed E-state index contributed by atoms with van der Waals surface area (Å²) in [5.41, 5.74) is 0.444. The number of halogens is 2. The van der Waals surface area contributed by atoms with Gasteiger partial charge in [-0.05, 0) is 63.4 Å². The molecule has 0 saturated carbocycles. The van der Waals surface area contributed by atoms with Gasteiger partial charge in [-0.15, -0.1) is 0 Å². The maximum absolute atomic E-state index is 13.6. The fourth-order valence-corrected chi connectivity index (χ4v) is 5.23.